The highest BCUT2D eigenvalue weighted by molar-refractivity contribution is 5.98. The van der Waals surface area contributed by atoms with Gasteiger partial charge in [-0.3, -0.25) is 9.48 Å². The third-order valence-electron chi connectivity index (χ3n) is 2.55. The summed E-state index contributed by atoms with van der Waals surface area (Å²) >= 11 is 0. The topological polar surface area (TPSA) is 56.2 Å². The van der Waals surface area contributed by atoms with Crippen LogP contribution in [0.3, 0.4) is 0 Å². The number of carbonyl (C=O) groups is 1. The normalized spacial score (nSPS) is 19.6. The highest BCUT2D eigenvalue weighted by atomic mass is 16.5. The average Bonchev–Trinajstić information content (AvgIpc) is 2.91. The Kier molecular flexibility index (Phi) is 3.36. The molecular weight excluding hydrogens is 206 g/mol. The molecule has 86 valence electrons. The molecule has 0 radical (unpaired) electrons. The summed E-state index contributed by atoms with van der Waals surface area (Å²) < 4.78 is 7.13. The second kappa shape index (κ2) is 4.94. The van der Waals surface area contributed by atoms with Gasteiger partial charge >= 0.3 is 0 Å². The number of aromatic nitrogens is 2. The molecule has 1 amide bonds. The molecule has 1 saturated heterocycles. The third-order valence-corrected chi connectivity index (χ3v) is 2.55. The molecule has 1 aromatic rings. The van der Waals surface area contributed by atoms with Crippen molar-refractivity contribution in [3.8, 4) is 0 Å². The van der Waals surface area contributed by atoms with Crippen molar-refractivity contribution >= 4 is 11.7 Å². The van der Waals surface area contributed by atoms with Crippen molar-refractivity contribution in [3.05, 3.63) is 24.9 Å². The largest absolute Gasteiger partial charge is 0.381 e. The first kappa shape index (κ1) is 10.9. The van der Waals surface area contributed by atoms with E-state index in [1.54, 1.807) is 6.07 Å². The molecule has 16 heavy (non-hydrogen) atoms. The van der Waals surface area contributed by atoms with E-state index in [4.69, 9.17) is 4.74 Å². The summed E-state index contributed by atoms with van der Waals surface area (Å²) in [5, 5.41) is 6.86. The second-order valence-electron chi connectivity index (χ2n) is 3.85. The number of rotatable bonds is 4. The highest BCUT2D eigenvalue weighted by Gasteiger charge is 2.16. The zero-order chi connectivity index (χ0) is 11.4. The lowest BCUT2D eigenvalue weighted by Gasteiger charge is -2.06. The van der Waals surface area contributed by atoms with Gasteiger partial charge in [0.2, 0.25) is 5.91 Å². The van der Waals surface area contributed by atoms with Crippen LogP contribution >= 0.6 is 0 Å². The zero-order valence-corrected chi connectivity index (χ0v) is 9.06. The molecule has 1 aliphatic rings. The van der Waals surface area contributed by atoms with Crippen molar-refractivity contribution in [1.82, 2.24) is 9.78 Å². The zero-order valence-electron chi connectivity index (χ0n) is 9.06. The first-order valence-electron chi connectivity index (χ1n) is 5.32. The number of carbonyl (C=O) groups excluding carboxylic acids is 1. The first-order valence-corrected chi connectivity index (χ1v) is 5.32. The number of hydrogen-bond donors (Lipinski definition) is 1. The quantitative estimate of drug-likeness (QED) is 0.773. The van der Waals surface area contributed by atoms with Crippen LogP contribution in [0.4, 0.5) is 5.82 Å². The van der Waals surface area contributed by atoms with Crippen molar-refractivity contribution in [2.45, 2.75) is 13.0 Å². The summed E-state index contributed by atoms with van der Waals surface area (Å²) in [7, 11) is 0. The maximum absolute atomic E-state index is 11.0. The molecule has 0 aromatic carbocycles. The van der Waals surface area contributed by atoms with E-state index in [0.717, 1.165) is 26.2 Å². The van der Waals surface area contributed by atoms with E-state index in [2.05, 4.69) is 17.0 Å². The van der Waals surface area contributed by atoms with Gasteiger partial charge in [-0.1, -0.05) is 6.58 Å². The molecule has 1 aromatic heterocycles. The Morgan fingerprint density at radius 2 is 2.69 bits per heavy atom. The van der Waals surface area contributed by atoms with Crippen molar-refractivity contribution in [1.29, 1.82) is 0 Å². The van der Waals surface area contributed by atoms with E-state index < -0.39 is 0 Å². The van der Waals surface area contributed by atoms with Crippen molar-refractivity contribution in [2.75, 3.05) is 18.5 Å². The van der Waals surface area contributed by atoms with Crippen molar-refractivity contribution in [3.63, 3.8) is 0 Å². The van der Waals surface area contributed by atoms with Gasteiger partial charge in [-0.2, -0.15) is 5.10 Å². The number of anilines is 1. The van der Waals surface area contributed by atoms with E-state index in [9.17, 15) is 4.79 Å². The van der Waals surface area contributed by atoms with Crippen LogP contribution in [0.5, 0.6) is 0 Å². The molecule has 1 N–H and O–H groups in total. The van der Waals surface area contributed by atoms with Gasteiger partial charge < -0.3 is 10.1 Å². The van der Waals surface area contributed by atoms with Crippen LogP contribution in [0.2, 0.25) is 0 Å². The van der Waals surface area contributed by atoms with E-state index in [1.807, 2.05) is 10.9 Å². The fourth-order valence-electron chi connectivity index (χ4n) is 1.70. The highest BCUT2D eigenvalue weighted by Crippen LogP contribution is 2.15. The Morgan fingerprint density at radius 1 is 1.81 bits per heavy atom. The van der Waals surface area contributed by atoms with Gasteiger partial charge in [0.25, 0.3) is 0 Å². The molecule has 5 heteroatoms. The predicted molar refractivity (Wildman–Crippen MR) is 60.0 cm³/mol. The third kappa shape index (κ3) is 2.70. The molecule has 0 saturated carbocycles. The summed E-state index contributed by atoms with van der Waals surface area (Å²) in [5.74, 6) is 0.848. The van der Waals surface area contributed by atoms with Crippen LogP contribution in [0, 0.1) is 5.92 Å². The van der Waals surface area contributed by atoms with E-state index >= 15 is 0 Å². The minimum Gasteiger partial charge on any atom is -0.381 e. The van der Waals surface area contributed by atoms with Crippen LogP contribution in [0.1, 0.15) is 6.42 Å². The maximum atomic E-state index is 11.0. The second-order valence-corrected chi connectivity index (χ2v) is 3.85. The fourth-order valence-corrected chi connectivity index (χ4v) is 1.70. The SMILES string of the molecule is C=CC(=O)Nc1ccn(CC2CCOC2)n1. The summed E-state index contributed by atoms with van der Waals surface area (Å²) in [6.45, 7) is 5.86. The number of hydrogen-bond acceptors (Lipinski definition) is 3. The molecule has 2 rings (SSSR count). The molecule has 1 atom stereocenters. The Morgan fingerprint density at radius 3 is 3.38 bits per heavy atom. The minimum absolute atomic E-state index is 0.241. The molecule has 2 heterocycles. The smallest absolute Gasteiger partial charge is 0.248 e. The minimum atomic E-state index is -0.241. The van der Waals surface area contributed by atoms with Crippen LogP contribution in [0.25, 0.3) is 0 Å². The summed E-state index contributed by atoms with van der Waals surface area (Å²) in [4.78, 5) is 11.0. The van der Waals surface area contributed by atoms with Gasteiger partial charge in [-0.05, 0) is 12.5 Å². The van der Waals surface area contributed by atoms with Crippen LogP contribution < -0.4 is 5.32 Å². The Labute approximate surface area is 94.1 Å². The van der Waals surface area contributed by atoms with Gasteiger partial charge in [0.05, 0.1) is 6.61 Å². The van der Waals surface area contributed by atoms with Gasteiger partial charge in [0, 0.05) is 31.3 Å². The van der Waals surface area contributed by atoms with Gasteiger partial charge in [-0.15, -0.1) is 0 Å². The molecule has 1 unspecified atom stereocenters. The lowest BCUT2D eigenvalue weighted by molar-refractivity contribution is -0.111. The maximum Gasteiger partial charge on any atom is 0.248 e. The number of nitrogens with zero attached hydrogens (tertiary/aromatic N) is 2. The monoisotopic (exact) mass is 221 g/mol. The summed E-state index contributed by atoms with van der Waals surface area (Å²) in [6.07, 6.45) is 4.16. The molecule has 5 nitrogen and oxygen atoms in total. The lowest BCUT2D eigenvalue weighted by atomic mass is 10.1. The molecule has 0 spiro atoms. The van der Waals surface area contributed by atoms with E-state index in [-0.39, 0.29) is 5.91 Å². The first-order chi connectivity index (χ1) is 7.78. The number of ether oxygens (including phenoxy) is 1. The standard InChI is InChI=1S/C11H15N3O2/c1-2-11(15)12-10-3-5-14(13-10)7-9-4-6-16-8-9/h2-3,5,9H,1,4,6-8H2,(H,12,13,15). The molecule has 0 bridgehead atoms. The van der Waals surface area contributed by atoms with Crippen molar-refractivity contribution < 1.29 is 9.53 Å². The van der Waals surface area contributed by atoms with Gasteiger partial charge in [0.1, 0.15) is 0 Å². The Balaban J connectivity index is 1.91. The summed E-state index contributed by atoms with van der Waals surface area (Å²) in [6, 6.07) is 1.78. The molecular formula is C11H15N3O2. The lowest BCUT2D eigenvalue weighted by Crippen LogP contribution is -2.12. The number of amides is 1. The van der Waals surface area contributed by atoms with Gasteiger partial charge in [-0.25, -0.2) is 0 Å². The van der Waals surface area contributed by atoms with Gasteiger partial charge in [0.15, 0.2) is 5.82 Å². The van der Waals surface area contributed by atoms with E-state index in [1.165, 1.54) is 6.08 Å². The Hall–Kier alpha value is -1.62. The molecule has 0 aliphatic carbocycles. The fraction of sp³-hybridized carbons (Fsp3) is 0.455. The predicted octanol–water partition coefficient (Wildman–Crippen LogP) is 1.04. The molecule has 1 fully saturated rings. The number of nitrogens with one attached hydrogen (secondary N) is 1. The van der Waals surface area contributed by atoms with Crippen molar-refractivity contribution in [2.24, 2.45) is 5.92 Å². The Bertz CT molecular complexity index is 380. The van der Waals surface area contributed by atoms with Crippen LogP contribution in [-0.4, -0.2) is 28.9 Å². The van der Waals surface area contributed by atoms with Crippen LogP contribution in [0.15, 0.2) is 24.9 Å². The molecule has 1 aliphatic heterocycles. The van der Waals surface area contributed by atoms with Crippen LogP contribution in [-0.2, 0) is 16.1 Å². The summed E-state index contributed by atoms with van der Waals surface area (Å²) in [5.41, 5.74) is 0. The average molecular weight is 221 g/mol. The van der Waals surface area contributed by atoms with E-state index in [0.29, 0.717) is 11.7 Å².